The molecule has 1 aromatic rings. The Kier molecular flexibility index (Phi) is 5.31. The summed E-state index contributed by atoms with van der Waals surface area (Å²) in [5.74, 6) is 0. The van der Waals surface area contributed by atoms with Crippen LogP contribution in [0.3, 0.4) is 0 Å². The molecule has 0 bridgehead atoms. The van der Waals surface area contributed by atoms with Gasteiger partial charge in [0.25, 0.3) is 0 Å². The third kappa shape index (κ3) is 3.15. The Morgan fingerprint density at radius 2 is 1.92 bits per heavy atom. The summed E-state index contributed by atoms with van der Waals surface area (Å²) in [5, 5.41) is 18.8. The van der Waals surface area contributed by atoms with E-state index in [0.29, 0.717) is 5.56 Å². The Morgan fingerprint density at radius 1 is 1.38 bits per heavy atom. The van der Waals surface area contributed by atoms with E-state index in [9.17, 15) is 10.1 Å². The molecular formula is C8H6N2NaO2+. The molecule has 0 heterocycles. The number of nitriles is 1. The summed E-state index contributed by atoms with van der Waals surface area (Å²) < 4.78 is 0. The van der Waals surface area contributed by atoms with Crippen LogP contribution >= 0.6 is 0 Å². The van der Waals surface area contributed by atoms with E-state index in [4.69, 9.17) is 5.26 Å². The predicted octanol–water partition coefficient (Wildman–Crippen LogP) is -1.47. The van der Waals surface area contributed by atoms with Crippen LogP contribution in [-0.4, -0.2) is 4.92 Å². The second-order valence-corrected chi connectivity index (χ2v) is 2.23. The fourth-order valence-electron chi connectivity index (χ4n) is 0.879. The van der Waals surface area contributed by atoms with Gasteiger partial charge in [-0.25, -0.2) is 0 Å². The summed E-state index contributed by atoms with van der Waals surface area (Å²) in [7, 11) is 0. The van der Waals surface area contributed by atoms with Gasteiger partial charge in [0.1, 0.15) is 6.07 Å². The maximum Gasteiger partial charge on any atom is 1.00 e. The first-order valence-electron chi connectivity index (χ1n) is 3.33. The molecule has 1 aromatic carbocycles. The van der Waals surface area contributed by atoms with Gasteiger partial charge >= 0.3 is 35.6 Å². The van der Waals surface area contributed by atoms with Crippen molar-refractivity contribution in [2.45, 2.75) is 6.04 Å². The van der Waals surface area contributed by atoms with Crippen LogP contribution in [0, 0.1) is 21.4 Å². The van der Waals surface area contributed by atoms with Crippen LogP contribution in [-0.2, 0) is 0 Å². The predicted molar refractivity (Wildman–Crippen MR) is 41.8 cm³/mol. The molecule has 0 saturated carbocycles. The summed E-state index contributed by atoms with van der Waals surface area (Å²) in [5.41, 5.74) is 0.421. The summed E-state index contributed by atoms with van der Waals surface area (Å²) in [6, 6.07) is 8.59. The topological polar surface area (TPSA) is 66.9 Å². The second-order valence-electron chi connectivity index (χ2n) is 2.23. The van der Waals surface area contributed by atoms with Crippen molar-refractivity contribution in [3.05, 3.63) is 46.0 Å². The minimum Gasteiger partial charge on any atom is -0.263 e. The Morgan fingerprint density at radius 3 is 2.31 bits per heavy atom. The molecule has 4 nitrogen and oxygen atoms in total. The van der Waals surface area contributed by atoms with Crippen molar-refractivity contribution in [3.8, 4) is 6.07 Å². The number of rotatable bonds is 2. The summed E-state index contributed by atoms with van der Waals surface area (Å²) >= 11 is 0. The summed E-state index contributed by atoms with van der Waals surface area (Å²) in [4.78, 5) is 9.71. The minimum absolute atomic E-state index is 0. The molecule has 0 amide bonds. The van der Waals surface area contributed by atoms with E-state index < -0.39 is 11.0 Å². The van der Waals surface area contributed by atoms with Crippen molar-refractivity contribution in [3.63, 3.8) is 0 Å². The second kappa shape index (κ2) is 5.70. The molecule has 60 valence electrons. The van der Waals surface area contributed by atoms with Crippen LogP contribution in [0.1, 0.15) is 11.6 Å². The van der Waals surface area contributed by atoms with Gasteiger partial charge in [0.15, 0.2) is 0 Å². The summed E-state index contributed by atoms with van der Waals surface area (Å²) in [6.07, 6.45) is 0. The molecular weight excluding hydrogens is 179 g/mol. The number of hydrogen-bond acceptors (Lipinski definition) is 3. The van der Waals surface area contributed by atoms with Crippen molar-refractivity contribution in [1.29, 1.82) is 5.26 Å². The molecule has 0 radical (unpaired) electrons. The Hall–Kier alpha value is -0.890. The molecule has 0 aliphatic rings. The van der Waals surface area contributed by atoms with E-state index in [0.717, 1.165) is 0 Å². The molecule has 1 atom stereocenters. The van der Waals surface area contributed by atoms with E-state index >= 15 is 0 Å². The SMILES string of the molecule is N#CC(c1ccccc1)[N+](=O)[O-].[Na+]. The van der Waals surface area contributed by atoms with Crippen molar-refractivity contribution in [2.75, 3.05) is 0 Å². The average Bonchev–Trinajstić information content (AvgIpc) is 2.07. The van der Waals surface area contributed by atoms with E-state index in [1.807, 2.05) is 0 Å². The van der Waals surface area contributed by atoms with E-state index in [-0.39, 0.29) is 29.6 Å². The van der Waals surface area contributed by atoms with Gasteiger partial charge in [0.2, 0.25) is 0 Å². The van der Waals surface area contributed by atoms with Gasteiger partial charge in [-0.3, -0.25) is 10.1 Å². The average molecular weight is 185 g/mol. The van der Waals surface area contributed by atoms with Gasteiger partial charge in [-0.05, 0) is 0 Å². The van der Waals surface area contributed by atoms with Gasteiger partial charge < -0.3 is 0 Å². The van der Waals surface area contributed by atoms with Gasteiger partial charge in [0, 0.05) is 10.5 Å². The molecule has 0 aliphatic carbocycles. The van der Waals surface area contributed by atoms with Crippen LogP contribution < -0.4 is 29.6 Å². The first-order chi connectivity index (χ1) is 5.75. The first-order valence-corrected chi connectivity index (χ1v) is 3.33. The van der Waals surface area contributed by atoms with Crippen molar-refractivity contribution >= 4 is 0 Å². The van der Waals surface area contributed by atoms with Crippen LogP contribution in [0.25, 0.3) is 0 Å². The smallest absolute Gasteiger partial charge is 0.263 e. The maximum atomic E-state index is 10.3. The Balaban J connectivity index is 0.00000144. The Labute approximate surface area is 97.6 Å². The van der Waals surface area contributed by atoms with E-state index in [2.05, 4.69) is 0 Å². The molecule has 0 N–H and O–H groups in total. The standard InChI is InChI=1S/C8H6N2O2.Na/c9-6-8(10(11)12)7-4-2-1-3-5-7;/h1-5,8H;/q;+1. The van der Waals surface area contributed by atoms with Gasteiger partial charge in [-0.1, -0.05) is 30.3 Å². The van der Waals surface area contributed by atoms with Crippen LogP contribution in [0.5, 0.6) is 0 Å². The zero-order valence-corrected chi connectivity index (χ0v) is 9.18. The maximum absolute atomic E-state index is 10.3. The van der Waals surface area contributed by atoms with Crippen LogP contribution in [0.15, 0.2) is 30.3 Å². The molecule has 1 rings (SSSR count). The van der Waals surface area contributed by atoms with E-state index in [1.165, 1.54) is 0 Å². The quantitative estimate of drug-likeness (QED) is 0.321. The third-order valence-corrected chi connectivity index (χ3v) is 1.45. The van der Waals surface area contributed by atoms with Crippen LogP contribution in [0.4, 0.5) is 0 Å². The molecule has 5 heteroatoms. The molecule has 13 heavy (non-hydrogen) atoms. The minimum atomic E-state index is -1.24. The number of benzene rings is 1. The van der Waals surface area contributed by atoms with Gasteiger partial charge in [0.05, 0.1) is 0 Å². The zero-order chi connectivity index (χ0) is 8.97. The molecule has 0 saturated heterocycles. The molecule has 0 spiro atoms. The number of nitrogens with zero attached hydrogens (tertiary/aromatic N) is 2. The fraction of sp³-hybridized carbons (Fsp3) is 0.125. The van der Waals surface area contributed by atoms with Crippen LogP contribution in [0.2, 0.25) is 0 Å². The summed E-state index contributed by atoms with van der Waals surface area (Å²) in [6.45, 7) is 0. The number of hydrogen-bond donors (Lipinski definition) is 0. The molecule has 1 unspecified atom stereocenters. The monoisotopic (exact) mass is 185 g/mol. The van der Waals surface area contributed by atoms with Crippen molar-refractivity contribution in [1.82, 2.24) is 0 Å². The molecule has 0 aliphatic heterocycles. The van der Waals surface area contributed by atoms with Crippen molar-refractivity contribution in [2.24, 2.45) is 0 Å². The molecule has 0 fully saturated rings. The van der Waals surface area contributed by atoms with Gasteiger partial charge in [-0.2, -0.15) is 5.26 Å². The largest absolute Gasteiger partial charge is 1.00 e. The Bertz CT molecular complexity index is 321. The first kappa shape index (κ1) is 12.1. The van der Waals surface area contributed by atoms with E-state index in [1.54, 1.807) is 36.4 Å². The number of nitro groups is 1. The molecule has 0 aromatic heterocycles. The van der Waals surface area contributed by atoms with Gasteiger partial charge in [-0.15, -0.1) is 0 Å². The third-order valence-electron chi connectivity index (χ3n) is 1.45. The normalized spacial score (nSPS) is 10.7. The zero-order valence-electron chi connectivity index (χ0n) is 7.18. The van der Waals surface area contributed by atoms with Crippen molar-refractivity contribution < 1.29 is 34.5 Å². The fourth-order valence-corrected chi connectivity index (χ4v) is 0.879.